The lowest BCUT2D eigenvalue weighted by Gasteiger charge is -2.10. The summed E-state index contributed by atoms with van der Waals surface area (Å²) in [6, 6.07) is 17.6. The van der Waals surface area contributed by atoms with Gasteiger partial charge in [0.05, 0.1) is 11.1 Å². The third-order valence-corrected chi connectivity index (χ3v) is 4.51. The van der Waals surface area contributed by atoms with Gasteiger partial charge in [0, 0.05) is 11.4 Å². The van der Waals surface area contributed by atoms with Gasteiger partial charge in [0.25, 0.3) is 0 Å². The molecule has 4 rings (SSSR count). The predicted molar refractivity (Wildman–Crippen MR) is 114 cm³/mol. The second-order valence-corrected chi connectivity index (χ2v) is 6.68. The van der Waals surface area contributed by atoms with Gasteiger partial charge in [-0.2, -0.15) is 15.4 Å². The van der Waals surface area contributed by atoms with Crippen molar-refractivity contribution in [2.75, 3.05) is 10.6 Å². The van der Waals surface area contributed by atoms with E-state index in [2.05, 4.69) is 26.0 Å². The minimum atomic E-state index is -0.804. The van der Waals surface area contributed by atoms with Crippen molar-refractivity contribution in [1.29, 1.82) is 0 Å². The van der Waals surface area contributed by atoms with Crippen molar-refractivity contribution in [3.8, 4) is 0 Å². The number of H-pyrrole nitrogens is 1. The maximum Gasteiger partial charge on any atom is 0.346 e. The molecule has 1 aromatic heterocycles. The highest BCUT2D eigenvalue weighted by molar-refractivity contribution is 6.04. The first-order chi connectivity index (χ1) is 15.0. The van der Waals surface area contributed by atoms with Gasteiger partial charge in [0.15, 0.2) is 0 Å². The van der Waals surface area contributed by atoms with Crippen LogP contribution in [0.3, 0.4) is 0 Å². The summed E-state index contributed by atoms with van der Waals surface area (Å²) in [5, 5.41) is 15.7. The number of para-hydroxylation sites is 1. The number of hydrogen-bond donors (Lipinski definition) is 3. The van der Waals surface area contributed by atoms with E-state index in [1.807, 2.05) is 25.1 Å². The molecule has 0 saturated heterocycles. The number of aromatic nitrogens is 3. The average Bonchev–Trinajstić information content (AvgIpc) is 3.23. The fourth-order valence-corrected chi connectivity index (χ4v) is 2.86. The lowest BCUT2D eigenvalue weighted by molar-refractivity contribution is 0.0398. The Morgan fingerprint density at radius 2 is 1.48 bits per heavy atom. The fraction of sp³-hybridized carbons (Fsp3) is 0.0455. The fourth-order valence-electron chi connectivity index (χ4n) is 2.86. The SMILES string of the molecule is Cc1ccccc1NC(=O)Nc1ccc(C(=O)OC(=O)c2ccc3n[nH]nc3c2)cc1. The zero-order valence-electron chi connectivity index (χ0n) is 16.4. The van der Waals surface area contributed by atoms with Crippen LogP contribution in [0.2, 0.25) is 0 Å². The first-order valence-corrected chi connectivity index (χ1v) is 9.30. The van der Waals surface area contributed by atoms with E-state index >= 15 is 0 Å². The molecule has 0 bridgehead atoms. The molecule has 0 aliphatic heterocycles. The molecule has 0 aliphatic rings. The number of amides is 2. The first kappa shape index (κ1) is 19.8. The number of aryl methyl sites for hydroxylation is 1. The third-order valence-electron chi connectivity index (χ3n) is 4.51. The van der Waals surface area contributed by atoms with E-state index in [1.54, 1.807) is 24.3 Å². The molecule has 31 heavy (non-hydrogen) atoms. The van der Waals surface area contributed by atoms with Crippen molar-refractivity contribution in [3.63, 3.8) is 0 Å². The Kier molecular flexibility index (Phi) is 5.39. The van der Waals surface area contributed by atoms with Crippen LogP contribution in [-0.4, -0.2) is 33.4 Å². The Hall–Kier alpha value is -4.53. The van der Waals surface area contributed by atoms with Crippen molar-refractivity contribution < 1.29 is 19.1 Å². The van der Waals surface area contributed by atoms with E-state index in [4.69, 9.17) is 4.74 Å². The Bertz CT molecular complexity index is 1280. The molecule has 9 nitrogen and oxygen atoms in total. The zero-order valence-corrected chi connectivity index (χ0v) is 16.4. The number of carbonyl (C=O) groups is 3. The summed E-state index contributed by atoms with van der Waals surface area (Å²) in [5.41, 5.74) is 3.54. The number of urea groups is 1. The summed E-state index contributed by atoms with van der Waals surface area (Å²) in [6.07, 6.45) is 0. The molecule has 0 fully saturated rings. The number of carbonyl (C=O) groups excluding carboxylic acids is 3. The molecule has 4 aromatic rings. The second kappa shape index (κ2) is 8.46. The molecule has 154 valence electrons. The summed E-state index contributed by atoms with van der Waals surface area (Å²) in [5.74, 6) is -1.60. The summed E-state index contributed by atoms with van der Waals surface area (Å²) in [4.78, 5) is 36.7. The van der Waals surface area contributed by atoms with Gasteiger partial charge >= 0.3 is 18.0 Å². The number of nitrogens with one attached hydrogen (secondary N) is 3. The highest BCUT2D eigenvalue weighted by Crippen LogP contribution is 2.16. The van der Waals surface area contributed by atoms with Crippen molar-refractivity contribution in [3.05, 3.63) is 83.4 Å². The van der Waals surface area contributed by atoms with E-state index < -0.39 is 18.0 Å². The number of aromatic amines is 1. The molecule has 9 heteroatoms. The van der Waals surface area contributed by atoms with E-state index in [9.17, 15) is 14.4 Å². The van der Waals surface area contributed by atoms with Crippen LogP contribution in [0, 0.1) is 6.92 Å². The summed E-state index contributed by atoms with van der Waals surface area (Å²) >= 11 is 0. The Morgan fingerprint density at radius 1 is 0.806 bits per heavy atom. The molecule has 2 amide bonds. The van der Waals surface area contributed by atoms with Gasteiger partial charge in [0.2, 0.25) is 0 Å². The van der Waals surface area contributed by atoms with E-state index in [1.165, 1.54) is 24.3 Å². The molecule has 3 N–H and O–H groups in total. The van der Waals surface area contributed by atoms with E-state index in [0.717, 1.165) is 5.56 Å². The van der Waals surface area contributed by atoms with Crippen molar-refractivity contribution >= 4 is 40.4 Å². The average molecular weight is 415 g/mol. The monoisotopic (exact) mass is 415 g/mol. The topological polar surface area (TPSA) is 126 Å². The third kappa shape index (κ3) is 4.56. The maximum absolute atomic E-state index is 12.3. The quantitative estimate of drug-likeness (QED) is 0.343. The highest BCUT2D eigenvalue weighted by Gasteiger charge is 2.16. The van der Waals surface area contributed by atoms with Crippen LogP contribution in [-0.2, 0) is 4.74 Å². The highest BCUT2D eigenvalue weighted by atomic mass is 16.6. The number of hydrogen-bond acceptors (Lipinski definition) is 6. The predicted octanol–water partition coefficient (Wildman–Crippen LogP) is 3.91. The van der Waals surface area contributed by atoms with Crippen LogP contribution in [0.1, 0.15) is 26.3 Å². The summed E-state index contributed by atoms with van der Waals surface area (Å²) < 4.78 is 4.93. The van der Waals surface area contributed by atoms with Crippen LogP contribution < -0.4 is 10.6 Å². The lowest BCUT2D eigenvalue weighted by Crippen LogP contribution is -2.20. The van der Waals surface area contributed by atoms with E-state index in [-0.39, 0.29) is 11.1 Å². The number of esters is 2. The van der Waals surface area contributed by atoms with Gasteiger partial charge in [-0.05, 0) is 61.0 Å². The molecule has 0 radical (unpaired) electrons. The van der Waals surface area contributed by atoms with Gasteiger partial charge in [-0.1, -0.05) is 18.2 Å². The van der Waals surface area contributed by atoms with Crippen LogP contribution in [0.25, 0.3) is 11.0 Å². The Balaban J connectivity index is 1.36. The molecule has 0 spiro atoms. The Labute approximate surface area is 176 Å². The van der Waals surface area contributed by atoms with Crippen LogP contribution in [0.15, 0.2) is 66.7 Å². The number of rotatable bonds is 4. The summed E-state index contributed by atoms with van der Waals surface area (Å²) in [6.45, 7) is 1.89. The normalized spacial score (nSPS) is 10.5. The van der Waals surface area contributed by atoms with Crippen molar-refractivity contribution in [2.45, 2.75) is 6.92 Å². The van der Waals surface area contributed by atoms with Crippen molar-refractivity contribution in [2.24, 2.45) is 0 Å². The van der Waals surface area contributed by atoms with Gasteiger partial charge < -0.3 is 15.4 Å². The molecule has 0 unspecified atom stereocenters. The number of ether oxygens (including phenoxy) is 1. The molecule has 1 heterocycles. The second-order valence-electron chi connectivity index (χ2n) is 6.68. The number of benzene rings is 3. The molecule has 3 aromatic carbocycles. The van der Waals surface area contributed by atoms with Crippen LogP contribution in [0.5, 0.6) is 0 Å². The van der Waals surface area contributed by atoms with Gasteiger partial charge in [-0.25, -0.2) is 14.4 Å². The van der Waals surface area contributed by atoms with E-state index in [0.29, 0.717) is 22.4 Å². The zero-order chi connectivity index (χ0) is 21.8. The molecule has 0 atom stereocenters. The van der Waals surface area contributed by atoms with Crippen LogP contribution >= 0.6 is 0 Å². The lowest BCUT2D eigenvalue weighted by atomic mass is 10.2. The number of nitrogens with zero attached hydrogens (tertiary/aromatic N) is 2. The molecule has 0 saturated carbocycles. The molecule has 0 aliphatic carbocycles. The maximum atomic E-state index is 12.3. The molecular formula is C22H17N5O4. The smallest absolute Gasteiger partial charge is 0.346 e. The van der Waals surface area contributed by atoms with Gasteiger partial charge in [-0.3, -0.25) is 0 Å². The number of fused-ring (bicyclic) bond motifs is 1. The summed E-state index contributed by atoms with van der Waals surface area (Å²) in [7, 11) is 0. The minimum absolute atomic E-state index is 0.167. The first-order valence-electron chi connectivity index (χ1n) is 9.30. The standard InChI is InChI=1S/C22H17N5O4/c1-13-4-2-3-5-17(13)24-22(30)23-16-9-6-14(7-10-16)20(28)31-21(29)15-8-11-18-19(12-15)26-27-25-18/h2-12H,1H3,(H2,23,24,30)(H,25,26,27). The van der Waals surface area contributed by atoms with Gasteiger partial charge in [-0.15, -0.1) is 0 Å². The van der Waals surface area contributed by atoms with Crippen molar-refractivity contribution in [1.82, 2.24) is 15.4 Å². The van der Waals surface area contributed by atoms with Gasteiger partial charge in [0.1, 0.15) is 11.0 Å². The van der Waals surface area contributed by atoms with Crippen LogP contribution in [0.4, 0.5) is 16.2 Å². The molecular weight excluding hydrogens is 398 g/mol. The minimum Gasteiger partial charge on any atom is -0.386 e. The Morgan fingerprint density at radius 3 is 2.26 bits per heavy atom. The number of anilines is 2. The largest absolute Gasteiger partial charge is 0.386 e.